The first-order valence-electron chi connectivity index (χ1n) is 7.96. The van der Waals surface area contributed by atoms with Crippen LogP contribution < -0.4 is 11.1 Å². The molecule has 0 aliphatic heterocycles. The lowest BCUT2D eigenvalue weighted by Crippen LogP contribution is -2.29. The van der Waals surface area contributed by atoms with Crippen molar-refractivity contribution in [2.75, 3.05) is 11.9 Å². The summed E-state index contributed by atoms with van der Waals surface area (Å²) < 4.78 is 26.2. The quantitative estimate of drug-likeness (QED) is 0.821. The number of nitrogens with one attached hydrogen (secondary N) is 1. The predicted molar refractivity (Wildman–Crippen MR) is 97.0 cm³/mol. The zero-order valence-corrected chi connectivity index (χ0v) is 15.1. The average Bonchev–Trinajstić information content (AvgIpc) is 3.20. The van der Waals surface area contributed by atoms with Crippen LogP contribution in [0.15, 0.2) is 24.4 Å². The van der Waals surface area contributed by atoms with Gasteiger partial charge in [0.1, 0.15) is 0 Å². The van der Waals surface area contributed by atoms with Gasteiger partial charge in [-0.3, -0.25) is 4.79 Å². The van der Waals surface area contributed by atoms with E-state index in [9.17, 15) is 13.6 Å². The van der Waals surface area contributed by atoms with E-state index in [-0.39, 0.29) is 30.2 Å². The summed E-state index contributed by atoms with van der Waals surface area (Å²) >= 11 is 1.34. The van der Waals surface area contributed by atoms with Crippen molar-refractivity contribution in [2.24, 2.45) is 17.6 Å². The Labute approximate surface area is 155 Å². The van der Waals surface area contributed by atoms with Crippen LogP contribution >= 0.6 is 23.7 Å². The summed E-state index contributed by atoms with van der Waals surface area (Å²) in [6.07, 6.45) is 4.98. The minimum atomic E-state index is -0.861. The maximum absolute atomic E-state index is 13.2. The van der Waals surface area contributed by atoms with Crippen molar-refractivity contribution in [1.82, 2.24) is 4.98 Å². The summed E-state index contributed by atoms with van der Waals surface area (Å²) in [5, 5.41) is 3.38. The predicted octanol–water partition coefficient (Wildman–Crippen LogP) is 3.75. The Kier molecular flexibility index (Phi) is 6.87. The Morgan fingerprint density at radius 2 is 2.12 bits per heavy atom. The van der Waals surface area contributed by atoms with Crippen LogP contribution in [0, 0.1) is 23.5 Å². The highest BCUT2D eigenvalue weighted by Crippen LogP contribution is 2.32. The van der Waals surface area contributed by atoms with Crippen LogP contribution in [0.5, 0.6) is 0 Å². The monoisotopic (exact) mass is 387 g/mol. The van der Waals surface area contributed by atoms with Gasteiger partial charge in [0.25, 0.3) is 0 Å². The molecule has 1 aliphatic rings. The van der Waals surface area contributed by atoms with Gasteiger partial charge >= 0.3 is 0 Å². The molecule has 0 bridgehead atoms. The number of hydrogen-bond acceptors (Lipinski definition) is 4. The lowest BCUT2D eigenvalue weighted by atomic mass is 9.95. The molecule has 2 aromatic rings. The van der Waals surface area contributed by atoms with Gasteiger partial charge in [0.05, 0.1) is 0 Å². The molecule has 1 aromatic carbocycles. The van der Waals surface area contributed by atoms with Crippen molar-refractivity contribution >= 4 is 34.8 Å². The largest absolute Gasteiger partial charge is 0.330 e. The first-order chi connectivity index (χ1) is 11.6. The molecule has 1 amide bonds. The summed E-state index contributed by atoms with van der Waals surface area (Å²) in [6, 6.07) is 3.83. The fourth-order valence-electron chi connectivity index (χ4n) is 3.16. The van der Waals surface area contributed by atoms with E-state index in [2.05, 4.69) is 10.3 Å². The molecule has 0 saturated heterocycles. The smallest absolute Gasteiger partial charge is 0.229 e. The first-order valence-corrected chi connectivity index (χ1v) is 8.78. The molecule has 3 N–H and O–H groups in total. The summed E-state index contributed by atoms with van der Waals surface area (Å²) in [7, 11) is 0. The highest BCUT2D eigenvalue weighted by atomic mass is 35.5. The van der Waals surface area contributed by atoms with Gasteiger partial charge in [0, 0.05) is 23.4 Å². The van der Waals surface area contributed by atoms with Crippen molar-refractivity contribution in [3.8, 4) is 0 Å². The number of rotatable bonds is 5. The van der Waals surface area contributed by atoms with Gasteiger partial charge in [-0.15, -0.1) is 23.7 Å². The number of hydrogen-bond donors (Lipinski definition) is 2. The fourth-order valence-corrected chi connectivity index (χ4v) is 4.01. The third-order valence-corrected chi connectivity index (χ3v) is 5.36. The van der Waals surface area contributed by atoms with Crippen LogP contribution in [-0.4, -0.2) is 17.4 Å². The average molecular weight is 388 g/mol. The van der Waals surface area contributed by atoms with E-state index in [0.29, 0.717) is 23.7 Å². The van der Waals surface area contributed by atoms with E-state index in [1.807, 2.05) is 0 Å². The zero-order chi connectivity index (χ0) is 17.1. The Bertz CT molecular complexity index is 740. The molecule has 1 heterocycles. The van der Waals surface area contributed by atoms with Crippen molar-refractivity contribution in [1.29, 1.82) is 0 Å². The molecule has 3 rings (SSSR count). The first kappa shape index (κ1) is 19.8. The lowest BCUT2D eigenvalue weighted by Gasteiger charge is -2.16. The Hall–Kier alpha value is -1.57. The van der Waals surface area contributed by atoms with Crippen LogP contribution in [-0.2, 0) is 11.2 Å². The van der Waals surface area contributed by atoms with Gasteiger partial charge in [0.15, 0.2) is 16.8 Å². The normalized spacial score (nSPS) is 19.5. The molecule has 0 spiro atoms. The number of halogens is 3. The molecule has 1 aromatic heterocycles. The molecule has 0 radical (unpaired) electrons. The molecule has 4 nitrogen and oxygen atoms in total. The number of aromatic nitrogens is 1. The molecule has 1 saturated carbocycles. The molecule has 136 valence electrons. The van der Waals surface area contributed by atoms with Gasteiger partial charge in [-0.25, -0.2) is 13.8 Å². The molecule has 1 fully saturated rings. The van der Waals surface area contributed by atoms with Crippen molar-refractivity contribution in [3.05, 3.63) is 46.5 Å². The summed E-state index contributed by atoms with van der Waals surface area (Å²) in [6.45, 7) is 0.525. The maximum Gasteiger partial charge on any atom is 0.229 e. The van der Waals surface area contributed by atoms with Crippen molar-refractivity contribution in [3.63, 3.8) is 0 Å². The summed E-state index contributed by atoms with van der Waals surface area (Å²) in [4.78, 5) is 17.4. The zero-order valence-electron chi connectivity index (χ0n) is 13.5. The second-order valence-corrected chi connectivity index (χ2v) is 7.19. The fraction of sp³-hybridized carbons (Fsp3) is 0.412. The topological polar surface area (TPSA) is 68.0 Å². The van der Waals surface area contributed by atoms with E-state index in [0.717, 1.165) is 30.2 Å². The minimum absolute atomic E-state index is 0. The standard InChI is InChI=1S/C17H19F2N3OS.ClH/c18-14-5-4-10(7-15(14)19)6-12-9-21-17(24-12)22-16(23)13-3-1-2-11(13)8-20;/h4-5,7,9,11,13H,1-3,6,8,20H2,(H,21,22,23);1H/t11-,13-;/m1./s1. The number of benzene rings is 1. The Morgan fingerprint density at radius 3 is 2.84 bits per heavy atom. The molecule has 2 atom stereocenters. The van der Waals surface area contributed by atoms with Gasteiger partial charge < -0.3 is 11.1 Å². The second-order valence-electron chi connectivity index (χ2n) is 6.08. The highest BCUT2D eigenvalue weighted by molar-refractivity contribution is 7.15. The number of nitrogens with zero attached hydrogens (tertiary/aromatic N) is 1. The van der Waals surface area contributed by atoms with Gasteiger partial charge in [0.2, 0.25) is 5.91 Å². The van der Waals surface area contributed by atoms with E-state index in [1.165, 1.54) is 17.4 Å². The van der Waals surface area contributed by atoms with Crippen LogP contribution in [0.1, 0.15) is 29.7 Å². The van der Waals surface area contributed by atoms with E-state index < -0.39 is 11.6 Å². The summed E-state index contributed by atoms with van der Waals surface area (Å²) in [5.41, 5.74) is 6.38. The van der Waals surface area contributed by atoms with Crippen molar-refractivity contribution in [2.45, 2.75) is 25.7 Å². The number of carbonyl (C=O) groups is 1. The van der Waals surface area contributed by atoms with Crippen molar-refractivity contribution < 1.29 is 13.6 Å². The molecule has 1 aliphatic carbocycles. The molecular formula is C17H20ClF2N3OS. The Morgan fingerprint density at radius 1 is 1.32 bits per heavy atom. The highest BCUT2D eigenvalue weighted by Gasteiger charge is 2.32. The van der Waals surface area contributed by atoms with Gasteiger partial charge in [-0.05, 0) is 43.0 Å². The Balaban J connectivity index is 0.00000225. The number of amides is 1. The minimum Gasteiger partial charge on any atom is -0.330 e. The molecule has 0 unspecified atom stereocenters. The van der Waals surface area contributed by atoms with E-state index in [1.54, 1.807) is 12.3 Å². The summed E-state index contributed by atoms with van der Waals surface area (Å²) in [5.74, 6) is -1.56. The number of carbonyl (C=O) groups excluding carboxylic acids is 1. The second kappa shape index (κ2) is 8.69. The van der Waals surface area contributed by atoms with Crippen LogP contribution in [0.3, 0.4) is 0 Å². The molecule has 25 heavy (non-hydrogen) atoms. The SMILES string of the molecule is Cl.NC[C@H]1CCC[C@H]1C(=O)Nc1ncc(Cc2ccc(F)c(F)c2)s1. The number of thiazole rings is 1. The third kappa shape index (κ3) is 4.74. The van der Waals surface area contributed by atoms with Crippen LogP contribution in [0.2, 0.25) is 0 Å². The van der Waals surface area contributed by atoms with Gasteiger partial charge in [-0.1, -0.05) is 12.5 Å². The lowest BCUT2D eigenvalue weighted by molar-refractivity contribution is -0.120. The maximum atomic E-state index is 13.2. The van der Waals surface area contributed by atoms with Crippen LogP contribution in [0.25, 0.3) is 0 Å². The number of anilines is 1. The van der Waals surface area contributed by atoms with Gasteiger partial charge in [-0.2, -0.15) is 0 Å². The van der Waals surface area contributed by atoms with Crippen LogP contribution in [0.4, 0.5) is 13.9 Å². The molecular weight excluding hydrogens is 368 g/mol. The third-order valence-electron chi connectivity index (χ3n) is 4.44. The molecule has 8 heteroatoms. The van der Waals surface area contributed by atoms with E-state index >= 15 is 0 Å². The number of nitrogens with two attached hydrogens (primary N) is 1. The van der Waals surface area contributed by atoms with E-state index in [4.69, 9.17) is 5.73 Å².